The van der Waals surface area contributed by atoms with E-state index in [1.807, 2.05) is 30.0 Å². The number of aldehydes is 1. The summed E-state index contributed by atoms with van der Waals surface area (Å²) in [6.07, 6.45) is 9.65. The van der Waals surface area contributed by atoms with Gasteiger partial charge in [0.15, 0.2) is 6.29 Å². The Bertz CT molecular complexity index is 1890. The molecule has 12 nitrogen and oxygen atoms in total. The van der Waals surface area contributed by atoms with Crippen LogP contribution < -0.4 is 19.7 Å². The SMILES string of the molecule is CN(C)C(=O)N1CCNCC1.CO[C@@]1(C=O)/C=C/C[C@H](C)[C@@H](C)S(=O)(=O)NC(=O)c2ccc3c(c2)N(C[C@@H]2CC[C@H]21)C[C@@]1(CCCc2cc(Cl)ccc21)CO3. The summed E-state index contributed by atoms with van der Waals surface area (Å²) in [4.78, 5) is 43.2. The van der Waals surface area contributed by atoms with Crippen molar-refractivity contribution >= 4 is 45.5 Å². The highest BCUT2D eigenvalue weighted by Gasteiger charge is 2.49. The van der Waals surface area contributed by atoms with E-state index in [2.05, 4.69) is 27.1 Å². The van der Waals surface area contributed by atoms with Gasteiger partial charge in [0, 0.05) is 82.4 Å². The fourth-order valence-corrected chi connectivity index (χ4v) is 10.3. The number of carbonyl (C=O) groups is 3. The van der Waals surface area contributed by atoms with Gasteiger partial charge in [-0.2, -0.15) is 0 Å². The Morgan fingerprint density at radius 1 is 1.11 bits per heavy atom. The number of rotatable bonds is 2. The molecular weight excluding hydrogens is 742 g/mol. The lowest BCUT2D eigenvalue weighted by molar-refractivity contribution is -0.135. The molecule has 7 rings (SSSR count). The smallest absolute Gasteiger partial charge is 0.319 e. The van der Waals surface area contributed by atoms with Gasteiger partial charge in [-0.25, -0.2) is 17.9 Å². The van der Waals surface area contributed by atoms with E-state index in [1.54, 1.807) is 51.2 Å². The second-order valence-corrected chi connectivity index (χ2v) is 18.6. The third kappa shape index (κ3) is 8.55. The number of fused-ring (bicyclic) bond motifs is 4. The van der Waals surface area contributed by atoms with Crippen molar-refractivity contribution in [3.05, 3.63) is 70.3 Å². The van der Waals surface area contributed by atoms with E-state index in [9.17, 15) is 22.8 Å². The highest BCUT2D eigenvalue weighted by Crippen LogP contribution is 2.48. The number of ether oxygens (including phenoxy) is 2. The number of nitrogens with zero attached hydrogens (tertiary/aromatic N) is 3. The highest BCUT2D eigenvalue weighted by atomic mass is 35.5. The molecule has 3 heterocycles. The summed E-state index contributed by atoms with van der Waals surface area (Å²) in [5.74, 6) is -0.203. The fourth-order valence-electron chi connectivity index (χ4n) is 8.82. The zero-order chi connectivity index (χ0) is 39.5. The lowest BCUT2D eigenvalue weighted by Gasteiger charge is -2.48. The van der Waals surface area contributed by atoms with Crippen molar-refractivity contribution in [2.24, 2.45) is 17.8 Å². The van der Waals surface area contributed by atoms with Crippen LogP contribution in [0.4, 0.5) is 10.5 Å². The van der Waals surface area contributed by atoms with Crippen molar-refractivity contribution in [1.29, 1.82) is 0 Å². The molecule has 0 radical (unpaired) electrons. The maximum absolute atomic E-state index is 13.4. The van der Waals surface area contributed by atoms with E-state index in [0.29, 0.717) is 36.9 Å². The Morgan fingerprint density at radius 2 is 1.87 bits per heavy atom. The number of amides is 3. The molecule has 3 aliphatic heterocycles. The quantitative estimate of drug-likeness (QED) is 0.317. The fraction of sp³-hybridized carbons (Fsp3) is 0.585. The van der Waals surface area contributed by atoms with Gasteiger partial charge in [0.05, 0.1) is 17.5 Å². The molecule has 2 fully saturated rings. The maximum Gasteiger partial charge on any atom is 0.319 e. The molecule has 2 bridgehead atoms. The number of hydrogen-bond donors (Lipinski definition) is 2. The number of anilines is 1. The molecule has 5 aliphatic rings. The van der Waals surface area contributed by atoms with Crippen LogP contribution in [-0.4, -0.2) is 114 Å². The number of halogens is 1. The van der Waals surface area contributed by atoms with Gasteiger partial charge in [-0.3, -0.25) is 9.59 Å². The van der Waals surface area contributed by atoms with Crippen molar-refractivity contribution < 1.29 is 32.3 Å². The summed E-state index contributed by atoms with van der Waals surface area (Å²) in [7, 11) is 1.16. The number of urea groups is 1. The van der Waals surface area contributed by atoms with Crippen LogP contribution in [0.25, 0.3) is 0 Å². The van der Waals surface area contributed by atoms with E-state index in [4.69, 9.17) is 21.1 Å². The Morgan fingerprint density at radius 3 is 2.55 bits per heavy atom. The summed E-state index contributed by atoms with van der Waals surface area (Å²) >= 11 is 6.40. The number of carbonyl (C=O) groups excluding carboxylic acids is 3. The molecule has 300 valence electrons. The molecule has 55 heavy (non-hydrogen) atoms. The Labute approximate surface area is 331 Å². The Kier molecular flexibility index (Phi) is 12.5. The van der Waals surface area contributed by atoms with Crippen molar-refractivity contribution in [2.45, 2.75) is 68.6 Å². The number of allylic oxidation sites excluding steroid dienone is 1. The first kappa shape index (κ1) is 41.0. The minimum atomic E-state index is -3.97. The van der Waals surface area contributed by atoms with Gasteiger partial charge < -0.3 is 29.5 Å². The van der Waals surface area contributed by atoms with E-state index in [1.165, 1.54) is 11.1 Å². The van der Waals surface area contributed by atoms with Gasteiger partial charge in [0.25, 0.3) is 5.91 Å². The number of sulfonamides is 1. The number of aryl methyl sites for hydroxylation is 1. The minimum absolute atomic E-state index is 0.0434. The van der Waals surface area contributed by atoms with Gasteiger partial charge in [0.2, 0.25) is 10.0 Å². The van der Waals surface area contributed by atoms with Crippen LogP contribution in [0.15, 0.2) is 48.6 Å². The first-order valence-corrected chi connectivity index (χ1v) is 21.4. The van der Waals surface area contributed by atoms with E-state index < -0.39 is 26.8 Å². The molecule has 2 aliphatic carbocycles. The second kappa shape index (κ2) is 16.8. The standard InChI is InChI=1S/C34H41ClN2O6S.C7H15N3O/c1-22-6-4-15-34(20-38,42-3)29-11-8-26(29)18-37-19-33(14-5-7-24-16-27(35)10-12-28(24)33)21-43-31-13-9-25(17-30(31)37)32(39)36-44(40,41)23(22)2;1-9(2)7(11)10-5-3-8-4-6-10/h4,9-10,12-13,15-17,20,22-23,26,29H,5-8,11,14,18-19,21H2,1-3H3,(H,36,39);8H,3-6H2,1-2H3/b15-4+;/t22-,23+,26-,29+,33-,34+;/m0./s1. The summed E-state index contributed by atoms with van der Waals surface area (Å²) in [6.45, 7) is 8.67. The van der Waals surface area contributed by atoms with Crippen molar-refractivity contribution in [3.63, 3.8) is 0 Å². The molecule has 0 unspecified atom stereocenters. The number of hydrogen-bond acceptors (Lipinski definition) is 9. The molecular formula is C41H56ClN5O7S. The van der Waals surface area contributed by atoms with E-state index in [0.717, 1.165) is 70.3 Å². The molecule has 0 aromatic heterocycles. The van der Waals surface area contributed by atoms with E-state index >= 15 is 0 Å². The molecule has 2 aromatic rings. The number of nitrogens with one attached hydrogen (secondary N) is 2. The zero-order valence-electron chi connectivity index (χ0n) is 32.7. The van der Waals surface area contributed by atoms with Gasteiger partial charge in [-0.05, 0) is 105 Å². The average molecular weight is 798 g/mol. The molecule has 1 spiro atoms. The summed E-state index contributed by atoms with van der Waals surface area (Å²) < 4.78 is 41.3. The van der Waals surface area contributed by atoms with Crippen LogP contribution >= 0.6 is 11.6 Å². The second-order valence-electron chi connectivity index (χ2n) is 16.1. The van der Waals surface area contributed by atoms with Crippen molar-refractivity contribution in [3.8, 4) is 5.75 Å². The molecule has 1 saturated heterocycles. The Hall–Kier alpha value is -3.65. The molecule has 2 aromatic carbocycles. The lowest BCUT2D eigenvalue weighted by atomic mass is 9.64. The van der Waals surface area contributed by atoms with Crippen molar-refractivity contribution in [2.75, 3.05) is 72.0 Å². The first-order valence-electron chi connectivity index (χ1n) is 19.5. The summed E-state index contributed by atoms with van der Waals surface area (Å²) in [6, 6.07) is 11.4. The molecule has 14 heteroatoms. The number of piperazine rings is 1. The van der Waals surface area contributed by atoms with Crippen molar-refractivity contribution in [1.82, 2.24) is 19.8 Å². The molecule has 3 amide bonds. The predicted octanol–water partition coefficient (Wildman–Crippen LogP) is 5.04. The van der Waals surface area contributed by atoms with Gasteiger partial charge in [-0.15, -0.1) is 0 Å². The zero-order valence-corrected chi connectivity index (χ0v) is 34.3. The van der Waals surface area contributed by atoms with Crippen LogP contribution in [0, 0.1) is 17.8 Å². The van der Waals surface area contributed by atoms with E-state index in [-0.39, 0.29) is 34.8 Å². The highest BCUT2D eigenvalue weighted by molar-refractivity contribution is 7.90. The number of methoxy groups -OCH3 is 1. The molecule has 1 saturated carbocycles. The minimum Gasteiger partial charge on any atom is -0.490 e. The van der Waals surface area contributed by atoms with Gasteiger partial charge in [0.1, 0.15) is 11.4 Å². The van der Waals surface area contributed by atoms with Gasteiger partial charge >= 0.3 is 6.03 Å². The normalized spacial score (nSPS) is 30.8. The van der Waals surface area contributed by atoms with Crippen LogP contribution in [0.2, 0.25) is 5.02 Å². The monoisotopic (exact) mass is 797 g/mol. The lowest BCUT2D eigenvalue weighted by Crippen LogP contribution is -2.53. The van der Waals surface area contributed by atoms with Gasteiger partial charge in [-0.1, -0.05) is 30.7 Å². The molecule has 2 N–H and O–H groups in total. The number of benzene rings is 2. The average Bonchev–Trinajstić information content (AvgIpc) is 3.31. The van der Waals surface area contributed by atoms with Crippen LogP contribution in [-0.2, 0) is 31.4 Å². The molecule has 6 atom stereocenters. The maximum atomic E-state index is 13.4. The summed E-state index contributed by atoms with van der Waals surface area (Å²) in [5, 5.41) is 3.07. The first-order chi connectivity index (χ1) is 26.2. The summed E-state index contributed by atoms with van der Waals surface area (Å²) in [5.41, 5.74) is 2.05. The topological polar surface area (TPSA) is 138 Å². The third-order valence-electron chi connectivity index (χ3n) is 12.5. The van der Waals surface area contributed by atoms with Crippen LogP contribution in [0.3, 0.4) is 0 Å². The largest absolute Gasteiger partial charge is 0.490 e. The van der Waals surface area contributed by atoms with Crippen LogP contribution in [0.5, 0.6) is 5.75 Å². The third-order valence-corrected chi connectivity index (χ3v) is 14.6. The van der Waals surface area contributed by atoms with Crippen LogP contribution in [0.1, 0.15) is 67.4 Å². The Balaban J connectivity index is 0.000000403. The predicted molar refractivity (Wildman–Crippen MR) is 215 cm³/mol.